The number of ether oxygens (including phenoxy) is 1. The highest BCUT2D eigenvalue weighted by Crippen LogP contribution is 2.32. The van der Waals surface area contributed by atoms with Crippen LogP contribution in [0.5, 0.6) is 5.75 Å². The molecule has 0 amide bonds. The molecular weight excluding hydrogens is 427 g/mol. The number of aromatic nitrogens is 1. The standard InChI is InChI=1S/C19H17F5N4OS/c1-28(2)9-8-25-17(16-12(20)4-3-5-13(16)21)27-18-26-14-7-6-11(10-15(14)30-18)29-19(22,23)24/h3-7,10H,8-9H2,1-2H3,(H,25,26,27). The van der Waals surface area contributed by atoms with Crippen LogP contribution in [0.3, 0.4) is 0 Å². The molecule has 0 spiro atoms. The minimum absolute atomic E-state index is 0.0572. The van der Waals surface area contributed by atoms with Crippen molar-refractivity contribution in [2.24, 2.45) is 4.99 Å². The molecule has 0 aliphatic heterocycles. The van der Waals surface area contributed by atoms with Gasteiger partial charge >= 0.3 is 6.36 Å². The number of hydrogen-bond donors (Lipinski definition) is 1. The maximum Gasteiger partial charge on any atom is 0.573 e. The number of fused-ring (bicyclic) bond motifs is 1. The predicted octanol–water partition coefficient (Wildman–Crippen LogP) is 4.89. The second-order valence-electron chi connectivity index (χ2n) is 6.45. The van der Waals surface area contributed by atoms with Gasteiger partial charge in [-0.1, -0.05) is 17.4 Å². The van der Waals surface area contributed by atoms with Crippen molar-refractivity contribution in [2.75, 3.05) is 32.5 Å². The fourth-order valence-electron chi connectivity index (χ4n) is 2.52. The zero-order chi connectivity index (χ0) is 21.9. The van der Waals surface area contributed by atoms with Gasteiger partial charge in [0.05, 0.1) is 22.3 Å². The van der Waals surface area contributed by atoms with Gasteiger partial charge in [-0.05, 0) is 38.4 Å². The van der Waals surface area contributed by atoms with Gasteiger partial charge in [-0.15, -0.1) is 13.2 Å². The molecule has 0 saturated heterocycles. The summed E-state index contributed by atoms with van der Waals surface area (Å²) in [5.41, 5.74) is 0.0651. The Kier molecular flexibility index (Phi) is 6.52. The molecule has 1 aromatic heterocycles. The molecule has 0 aliphatic rings. The first-order valence-electron chi connectivity index (χ1n) is 8.69. The van der Waals surface area contributed by atoms with E-state index >= 15 is 0 Å². The zero-order valence-corrected chi connectivity index (χ0v) is 16.7. The molecule has 1 heterocycles. The number of thiazole rings is 1. The van der Waals surface area contributed by atoms with Crippen molar-refractivity contribution in [2.45, 2.75) is 6.36 Å². The number of nitrogens with zero attached hydrogens (tertiary/aromatic N) is 3. The van der Waals surface area contributed by atoms with E-state index in [4.69, 9.17) is 0 Å². The van der Waals surface area contributed by atoms with E-state index in [2.05, 4.69) is 20.0 Å². The predicted molar refractivity (Wildman–Crippen MR) is 106 cm³/mol. The maximum absolute atomic E-state index is 14.3. The Balaban J connectivity index is 1.92. The number of aliphatic imine (C=N–C) groups is 1. The highest BCUT2D eigenvalue weighted by molar-refractivity contribution is 7.22. The fraction of sp³-hybridized carbons (Fsp3) is 0.263. The van der Waals surface area contributed by atoms with Crippen LogP contribution in [0.2, 0.25) is 0 Å². The van der Waals surface area contributed by atoms with E-state index < -0.39 is 18.0 Å². The quantitative estimate of drug-likeness (QED) is 0.334. The van der Waals surface area contributed by atoms with Gasteiger partial charge in [-0.2, -0.15) is 0 Å². The van der Waals surface area contributed by atoms with Crippen LogP contribution in [0.4, 0.5) is 27.1 Å². The average molecular weight is 444 g/mol. The molecule has 30 heavy (non-hydrogen) atoms. The normalized spacial score (nSPS) is 12.6. The van der Waals surface area contributed by atoms with Gasteiger partial charge in [0.15, 0.2) is 5.13 Å². The van der Waals surface area contributed by atoms with Crippen molar-refractivity contribution in [3.05, 3.63) is 53.6 Å². The van der Waals surface area contributed by atoms with E-state index in [1.54, 1.807) is 0 Å². The monoisotopic (exact) mass is 444 g/mol. The van der Waals surface area contributed by atoms with Gasteiger partial charge in [0.1, 0.15) is 23.2 Å². The molecule has 0 atom stereocenters. The molecule has 0 bridgehead atoms. The number of alkyl halides is 3. The first-order valence-corrected chi connectivity index (χ1v) is 9.51. The Morgan fingerprint density at radius 3 is 2.50 bits per heavy atom. The molecule has 0 radical (unpaired) electrons. The van der Waals surface area contributed by atoms with E-state index in [9.17, 15) is 22.0 Å². The van der Waals surface area contributed by atoms with Gasteiger partial charge in [0.25, 0.3) is 0 Å². The Labute approximate surface area is 172 Å². The Hall–Kier alpha value is -2.79. The third-order valence-corrected chi connectivity index (χ3v) is 4.77. The van der Waals surface area contributed by atoms with Crippen molar-refractivity contribution < 1.29 is 26.7 Å². The molecule has 0 aliphatic carbocycles. The third-order valence-electron chi connectivity index (χ3n) is 3.84. The molecule has 11 heteroatoms. The summed E-state index contributed by atoms with van der Waals surface area (Å²) in [4.78, 5) is 10.4. The van der Waals surface area contributed by atoms with Crippen molar-refractivity contribution in [3.8, 4) is 5.75 Å². The number of likely N-dealkylation sites (N-methyl/N-ethyl adjacent to an activating group) is 1. The van der Waals surface area contributed by atoms with Crippen LogP contribution in [0, 0.1) is 11.6 Å². The lowest BCUT2D eigenvalue weighted by Crippen LogP contribution is -2.21. The summed E-state index contributed by atoms with van der Waals surface area (Å²) in [5.74, 6) is -2.04. The SMILES string of the molecule is CN(C)CCN=C(Nc1nc2ccc(OC(F)(F)F)cc2s1)c1c(F)cccc1F. The third kappa shape index (κ3) is 5.63. The topological polar surface area (TPSA) is 49.8 Å². The fourth-order valence-corrected chi connectivity index (χ4v) is 3.42. The van der Waals surface area contributed by atoms with E-state index in [0.29, 0.717) is 16.8 Å². The average Bonchev–Trinajstić information content (AvgIpc) is 3.01. The molecule has 0 unspecified atom stereocenters. The van der Waals surface area contributed by atoms with Crippen LogP contribution >= 0.6 is 11.3 Å². The molecule has 3 rings (SSSR count). The Bertz CT molecular complexity index is 1040. The van der Waals surface area contributed by atoms with Crippen molar-refractivity contribution in [1.82, 2.24) is 9.88 Å². The highest BCUT2D eigenvalue weighted by atomic mass is 32.1. The van der Waals surface area contributed by atoms with Gasteiger partial charge < -0.3 is 15.0 Å². The molecule has 0 saturated carbocycles. The van der Waals surface area contributed by atoms with E-state index in [1.165, 1.54) is 18.2 Å². The first-order chi connectivity index (χ1) is 14.1. The van der Waals surface area contributed by atoms with Crippen LogP contribution < -0.4 is 10.1 Å². The largest absolute Gasteiger partial charge is 0.573 e. The van der Waals surface area contributed by atoms with Crippen LogP contribution in [-0.4, -0.2) is 49.3 Å². The zero-order valence-electron chi connectivity index (χ0n) is 15.9. The molecular formula is C19H17F5N4OS. The lowest BCUT2D eigenvalue weighted by molar-refractivity contribution is -0.274. The highest BCUT2D eigenvalue weighted by Gasteiger charge is 2.31. The second-order valence-corrected chi connectivity index (χ2v) is 7.48. The van der Waals surface area contributed by atoms with Crippen molar-refractivity contribution in [1.29, 1.82) is 0 Å². The molecule has 1 N–H and O–H groups in total. The summed E-state index contributed by atoms with van der Waals surface area (Å²) in [5, 5.41) is 3.03. The Morgan fingerprint density at radius 1 is 1.17 bits per heavy atom. The number of rotatable bonds is 6. The smallest absolute Gasteiger partial charge is 0.406 e. The minimum atomic E-state index is -4.81. The lowest BCUT2D eigenvalue weighted by Gasteiger charge is -2.11. The Morgan fingerprint density at radius 2 is 1.87 bits per heavy atom. The van der Waals surface area contributed by atoms with Gasteiger partial charge in [0, 0.05) is 12.6 Å². The van der Waals surface area contributed by atoms with Crippen LogP contribution in [0.15, 0.2) is 41.4 Å². The van der Waals surface area contributed by atoms with Crippen LogP contribution in [0.25, 0.3) is 10.2 Å². The maximum atomic E-state index is 14.3. The number of halogens is 5. The molecule has 5 nitrogen and oxygen atoms in total. The minimum Gasteiger partial charge on any atom is -0.406 e. The van der Waals surface area contributed by atoms with E-state index in [0.717, 1.165) is 29.5 Å². The summed E-state index contributed by atoms with van der Waals surface area (Å²) >= 11 is 1.01. The second kappa shape index (κ2) is 8.92. The summed E-state index contributed by atoms with van der Waals surface area (Å²) in [6.07, 6.45) is -4.81. The van der Waals surface area contributed by atoms with E-state index in [-0.39, 0.29) is 28.8 Å². The van der Waals surface area contributed by atoms with Crippen LogP contribution in [-0.2, 0) is 0 Å². The molecule has 2 aromatic carbocycles. The number of hydrogen-bond acceptors (Lipinski definition) is 5. The molecule has 3 aromatic rings. The van der Waals surface area contributed by atoms with Gasteiger partial charge in [-0.25, -0.2) is 13.8 Å². The number of amidine groups is 1. The summed E-state index contributed by atoms with van der Waals surface area (Å²) < 4.78 is 70.2. The van der Waals surface area contributed by atoms with Crippen LogP contribution in [0.1, 0.15) is 5.56 Å². The first kappa shape index (κ1) is 21.9. The van der Waals surface area contributed by atoms with Crippen molar-refractivity contribution >= 4 is 32.5 Å². The number of nitrogens with one attached hydrogen (secondary N) is 1. The van der Waals surface area contributed by atoms with E-state index in [1.807, 2.05) is 19.0 Å². The number of anilines is 1. The lowest BCUT2D eigenvalue weighted by atomic mass is 10.2. The summed E-state index contributed by atoms with van der Waals surface area (Å²) in [6.45, 7) is 0.802. The number of benzene rings is 2. The summed E-state index contributed by atoms with van der Waals surface area (Å²) in [6, 6.07) is 7.16. The molecule has 0 fully saturated rings. The van der Waals surface area contributed by atoms with Crippen molar-refractivity contribution in [3.63, 3.8) is 0 Å². The van der Waals surface area contributed by atoms with Gasteiger partial charge in [-0.3, -0.25) is 4.99 Å². The van der Waals surface area contributed by atoms with Gasteiger partial charge in [0.2, 0.25) is 0 Å². The summed E-state index contributed by atoms with van der Waals surface area (Å²) in [7, 11) is 3.67. The molecule has 160 valence electrons.